The summed E-state index contributed by atoms with van der Waals surface area (Å²) in [6, 6.07) is 0.554. The van der Waals surface area contributed by atoms with Crippen LogP contribution in [0.4, 0.5) is 0 Å². The molecule has 1 heterocycles. The molecule has 0 bridgehead atoms. The van der Waals surface area contributed by atoms with Crippen LogP contribution in [0.1, 0.15) is 58.8 Å². The second-order valence-corrected chi connectivity index (χ2v) is 6.92. The summed E-state index contributed by atoms with van der Waals surface area (Å²) in [5, 5.41) is 0. The van der Waals surface area contributed by atoms with Crippen LogP contribution in [-0.4, -0.2) is 29.9 Å². The summed E-state index contributed by atoms with van der Waals surface area (Å²) in [7, 11) is 0. The van der Waals surface area contributed by atoms with E-state index in [4.69, 9.17) is 5.73 Å². The lowest BCUT2D eigenvalue weighted by atomic mass is 9.89. The largest absolute Gasteiger partial charge is 0.339 e. The van der Waals surface area contributed by atoms with Gasteiger partial charge in [0.2, 0.25) is 5.91 Å². The van der Waals surface area contributed by atoms with Crippen molar-refractivity contribution in [1.82, 2.24) is 4.90 Å². The molecular weight excluding hydrogens is 236 g/mol. The molecule has 0 spiro atoms. The lowest BCUT2D eigenvalue weighted by Gasteiger charge is -2.38. The van der Waals surface area contributed by atoms with E-state index in [2.05, 4.69) is 18.7 Å². The van der Waals surface area contributed by atoms with Crippen molar-refractivity contribution in [3.05, 3.63) is 0 Å². The van der Waals surface area contributed by atoms with Gasteiger partial charge in [0.05, 0.1) is 0 Å². The number of nitrogens with zero attached hydrogens (tertiary/aromatic N) is 1. The lowest BCUT2D eigenvalue weighted by Crippen LogP contribution is -2.47. The van der Waals surface area contributed by atoms with Gasteiger partial charge in [0, 0.05) is 19.0 Å². The molecule has 3 nitrogen and oxygen atoms in total. The number of rotatable bonds is 5. The molecule has 1 amide bonds. The quantitative estimate of drug-likeness (QED) is 0.831. The Hall–Kier alpha value is -0.570. The number of carbonyl (C=O) groups excluding carboxylic acids is 1. The Kier molecular flexibility index (Phi) is 5.26. The fraction of sp³-hybridized carbons (Fsp3) is 0.938. The first-order valence-corrected chi connectivity index (χ1v) is 8.11. The number of nitrogens with two attached hydrogens (primary N) is 1. The Morgan fingerprint density at radius 1 is 1.26 bits per heavy atom. The van der Waals surface area contributed by atoms with Crippen molar-refractivity contribution in [2.75, 3.05) is 13.1 Å². The van der Waals surface area contributed by atoms with Gasteiger partial charge in [0.15, 0.2) is 0 Å². The van der Waals surface area contributed by atoms with Crippen molar-refractivity contribution in [3.8, 4) is 0 Å². The average molecular weight is 266 g/mol. The number of carbonyl (C=O) groups is 1. The highest BCUT2D eigenvalue weighted by Gasteiger charge is 2.37. The third-order valence-corrected chi connectivity index (χ3v) is 4.91. The summed E-state index contributed by atoms with van der Waals surface area (Å²) in [4.78, 5) is 14.8. The SMILES string of the molecule is CC(C)CC(CN)CC(=O)N1CCCC2CCCC21. The maximum atomic E-state index is 12.6. The molecule has 110 valence electrons. The molecule has 3 heteroatoms. The molecule has 1 aliphatic carbocycles. The smallest absolute Gasteiger partial charge is 0.223 e. The minimum Gasteiger partial charge on any atom is -0.339 e. The zero-order valence-corrected chi connectivity index (χ0v) is 12.6. The zero-order chi connectivity index (χ0) is 13.8. The van der Waals surface area contributed by atoms with E-state index in [1.807, 2.05) is 0 Å². The fourth-order valence-electron chi connectivity index (χ4n) is 4.06. The van der Waals surface area contributed by atoms with Crippen LogP contribution in [0.15, 0.2) is 0 Å². The maximum absolute atomic E-state index is 12.6. The molecule has 1 saturated carbocycles. The molecule has 3 atom stereocenters. The van der Waals surface area contributed by atoms with Crippen LogP contribution in [0.25, 0.3) is 0 Å². The summed E-state index contributed by atoms with van der Waals surface area (Å²) >= 11 is 0. The minimum atomic E-state index is 0.368. The summed E-state index contributed by atoms with van der Waals surface area (Å²) in [5.74, 6) is 2.16. The van der Waals surface area contributed by atoms with Crippen LogP contribution in [0.2, 0.25) is 0 Å². The van der Waals surface area contributed by atoms with Gasteiger partial charge in [-0.3, -0.25) is 4.79 Å². The fourth-order valence-corrected chi connectivity index (χ4v) is 4.06. The average Bonchev–Trinajstić information content (AvgIpc) is 2.85. The van der Waals surface area contributed by atoms with Gasteiger partial charge < -0.3 is 10.6 Å². The highest BCUT2D eigenvalue weighted by molar-refractivity contribution is 5.77. The van der Waals surface area contributed by atoms with Gasteiger partial charge in [-0.05, 0) is 56.4 Å². The number of likely N-dealkylation sites (tertiary alicyclic amines) is 1. The van der Waals surface area contributed by atoms with Crippen LogP contribution in [0.5, 0.6) is 0 Å². The Labute approximate surface area is 117 Å². The van der Waals surface area contributed by atoms with E-state index in [0.717, 1.165) is 18.9 Å². The summed E-state index contributed by atoms with van der Waals surface area (Å²) < 4.78 is 0. The van der Waals surface area contributed by atoms with Crippen molar-refractivity contribution in [2.24, 2.45) is 23.5 Å². The van der Waals surface area contributed by atoms with Crippen LogP contribution in [0.3, 0.4) is 0 Å². The van der Waals surface area contributed by atoms with Crippen molar-refractivity contribution in [1.29, 1.82) is 0 Å². The summed E-state index contributed by atoms with van der Waals surface area (Å²) in [6.45, 7) is 6.05. The van der Waals surface area contributed by atoms with Gasteiger partial charge in [-0.1, -0.05) is 20.3 Å². The first kappa shape index (κ1) is 14.8. The Bertz CT molecular complexity index is 303. The van der Waals surface area contributed by atoms with Crippen molar-refractivity contribution >= 4 is 5.91 Å². The first-order valence-electron chi connectivity index (χ1n) is 8.11. The Morgan fingerprint density at radius 2 is 2.00 bits per heavy atom. The number of hydrogen-bond acceptors (Lipinski definition) is 2. The molecule has 0 aromatic heterocycles. The molecule has 2 N–H and O–H groups in total. The van der Waals surface area contributed by atoms with Gasteiger partial charge in [0.1, 0.15) is 0 Å². The van der Waals surface area contributed by atoms with Gasteiger partial charge in [-0.2, -0.15) is 0 Å². The van der Waals surface area contributed by atoms with E-state index in [1.54, 1.807) is 0 Å². The van der Waals surface area contributed by atoms with Gasteiger partial charge in [0.25, 0.3) is 0 Å². The van der Waals surface area contributed by atoms with E-state index in [9.17, 15) is 4.79 Å². The molecule has 2 fully saturated rings. The van der Waals surface area contributed by atoms with Gasteiger partial charge in [-0.25, -0.2) is 0 Å². The van der Waals surface area contributed by atoms with E-state index in [-0.39, 0.29) is 0 Å². The molecule has 2 aliphatic rings. The molecule has 1 saturated heterocycles. The highest BCUT2D eigenvalue weighted by atomic mass is 16.2. The molecule has 3 unspecified atom stereocenters. The predicted octanol–water partition coefficient (Wildman–Crippen LogP) is 2.79. The van der Waals surface area contributed by atoms with Crippen LogP contribution < -0.4 is 5.73 Å². The Balaban J connectivity index is 1.90. The molecule has 0 aromatic rings. The van der Waals surface area contributed by atoms with Gasteiger partial charge in [-0.15, -0.1) is 0 Å². The highest BCUT2D eigenvalue weighted by Crippen LogP contribution is 2.37. The zero-order valence-electron chi connectivity index (χ0n) is 12.6. The lowest BCUT2D eigenvalue weighted by molar-refractivity contribution is -0.136. The van der Waals surface area contributed by atoms with E-state index < -0.39 is 0 Å². The second-order valence-electron chi connectivity index (χ2n) is 6.92. The Morgan fingerprint density at radius 3 is 2.68 bits per heavy atom. The van der Waals surface area contributed by atoms with E-state index in [0.29, 0.717) is 36.8 Å². The summed E-state index contributed by atoms with van der Waals surface area (Å²) in [6.07, 6.45) is 8.15. The number of amides is 1. The van der Waals surface area contributed by atoms with Gasteiger partial charge >= 0.3 is 0 Å². The second kappa shape index (κ2) is 6.74. The molecule has 19 heavy (non-hydrogen) atoms. The third kappa shape index (κ3) is 3.71. The molecular formula is C16H30N2O. The monoisotopic (exact) mass is 266 g/mol. The third-order valence-electron chi connectivity index (χ3n) is 4.91. The van der Waals surface area contributed by atoms with Crippen molar-refractivity contribution in [2.45, 2.75) is 64.8 Å². The maximum Gasteiger partial charge on any atom is 0.223 e. The van der Waals surface area contributed by atoms with E-state index >= 15 is 0 Å². The van der Waals surface area contributed by atoms with E-state index in [1.165, 1.54) is 32.1 Å². The molecule has 0 aromatic carbocycles. The minimum absolute atomic E-state index is 0.368. The standard InChI is InChI=1S/C16H30N2O/c1-12(2)9-13(11-17)10-16(19)18-8-4-6-14-5-3-7-15(14)18/h12-15H,3-11,17H2,1-2H3. The molecule has 0 radical (unpaired) electrons. The van der Waals surface area contributed by atoms with Crippen molar-refractivity contribution in [3.63, 3.8) is 0 Å². The number of hydrogen-bond donors (Lipinski definition) is 1. The van der Waals surface area contributed by atoms with Crippen LogP contribution in [0, 0.1) is 17.8 Å². The molecule has 1 aliphatic heterocycles. The van der Waals surface area contributed by atoms with Crippen molar-refractivity contribution < 1.29 is 4.79 Å². The first-order chi connectivity index (χ1) is 9.11. The van der Waals surface area contributed by atoms with Crippen LogP contribution >= 0.6 is 0 Å². The van der Waals surface area contributed by atoms with Crippen LogP contribution in [-0.2, 0) is 4.79 Å². The predicted molar refractivity (Wildman–Crippen MR) is 78.7 cm³/mol. The molecule has 2 rings (SSSR count). The normalized spacial score (nSPS) is 28.5. The number of fused-ring (bicyclic) bond motifs is 1. The summed E-state index contributed by atoms with van der Waals surface area (Å²) in [5.41, 5.74) is 5.83. The topological polar surface area (TPSA) is 46.3 Å². The number of piperidine rings is 1.